The van der Waals surface area contributed by atoms with Crippen molar-refractivity contribution in [3.05, 3.63) is 0 Å². The quantitative estimate of drug-likeness (QED) is 0.258. The average Bonchev–Trinajstić information content (AvgIpc) is 4.28. The van der Waals surface area contributed by atoms with Gasteiger partial charge in [-0.3, -0.25) is 14.7 Å². The lowest BCUT2D eigenvalue weighted by Crippen LogP contribution is -2.81. The van der Waals surface area contributed by atoms with E-state index in [0.717, 1.165) is 58.1 Å². The molecular formula is C68H111N5O3S2. The first-order valence-electron chi connectivity index (χ1n) is 35.8. The van der Waals surface area contributed by atoms with Gasteiger partial charge in [-0.15, -0.1) is 23.5 Å². The van der Waals surface area contributed by atoms with Gasteiger partial charge in [-0.1, -0.05) is 103 Å². The third-order valence-corrected chi connectivity index (χ3v) is 30.5. The minimum absolute atomic E-state index is 0.424. The number of nitrogens with one attached hydrogen (secondary N) is 2. The Morgan fingerprint density at radius 1 is 0.269 bits per heavy atom. The van der Waals surface area contributed by atoms with Crippen LogP contribution < -0.4 is 10.6 Å². The first-order valence-corrected chi connectivity index (χ1v) is 37.7. The van der Waals surface area contributed by atoms with E-state index in [1.54, 1.807) is 0 Å². The average molecular weight is 1110 g/mol. The van der Waals surface area contributed by atoms with E-state index in [0.29, 0.717) is 102 Å². The zero-order valence-electron chi connectivity index (χ0n) is 49.0. The van der Waals surface area contributed by atoms with E-state index in [2.05, 4.69) is 48.9 Å². The summed E-state index contributed by atoms with van der Waals surface area (Å²) in [7, 11) is 0. The first-order chi connectivity index (χ1) is 38.7. The van der Waals surface area contributed by atoms with Crippen LogP contribution in [0.15, 0.2) is 0 Å². The summed E-state index contributed by atoms with van der Waals surface area (Å²) < 4.78 is 22.9. The molecule has 5 saturated heterocycles. The maximum atomic E-state index is 7.67. The lowest BCUT2D eigenvalue weighted by atomic mass is 9.56. The van der Waals surface area contributed by atoms with Crippen LogP contribution in [0.3, 0.4) is 0 Å². The SMILES string of the molecule is C1CCC2SC(C3CCC(C4CC(C5CCC(C6NC7CCCCC7S6)CC5)C(N5C6CCCCC6OC6CCCCC65)C(N5C6CCCCC6OC6CCCCC65)C4N4C5CCCCC5OC5CCCCC54)CC3)NC2C1. The summed E-state index contributed by atoms with van der Waals surface area (Å²) in [5.74, 6) is 4.96. The van der Waals surface area contributed by atoms with E-state index in [9.17, 15) is 0 Å². The van der Waals surface area contributed by atoms with E-state index in [1.807, 2.05) is 0 Å². The van der Waals surface area contributed by atoms with Gasteiger partial charge in [-0.2, -0.15) is 0 Å². The number of ether oxygens (including phenoxy) is 3. The molecular weight excluding hydrogens is 999 g/mol. The Bertz CT molecular complexity index is 1800. The lowest BCUT2D eigenvalue weighted by Gasteiger charge is -2.70. The van der Waals surface area contributed by atoms with Gasteiger partial charge in [0.25, 0.3) is 0 Å². The van der Waals surface area contributed by atoms with Crippen molar-refractivity contribution in [2.45, 2.75) is 388 Å². The van der Waals surface area contributed by atoms with E-state index < -0.39 is 0 Å². The Morgan fingerprint density at radius 2 is 0.538 bits per heavy atom. The molecule has 22 atom stereocenters. The van der Waals surface area contributed by atoms with Crippen LogP contribution in [-0.4, -0.2) is 139 Å². The Labute approximate surface area is 483 Å². The molecule has 10 heteroatoms. The van der Waals surface area contributed by atoms with Gasteiger partial charge >= 0.3 is 0 Å². The Balaban J connectivity index is 0.847. The van der Waals surface area contributed by atoms with Crippen LogP contribution in [0, 0.1) is 35.5 Å². The molecule has 11 saturated carbocycles. The fourth-order valence-electron chi connectivity index (χ4n) is 23.6. The fourth-order valence-corrected chi connectivity index (χ4v) is 27.3. The van der Waals surface area contributed by atoms with Gasteiger partial charge in [0.15, 0.2) is 0 Å². The molecule has 8 nitrogen and oxygen atoms in total. The highest BCUT2D eigenvalue weighted by Gasteiger charge is 2.65. The van der Waals surface area contributed by atoms with Crippen LogP contribution in [0.5, 0.6) is 0 Å². The Hall–Kier alpha value is 0.380. The smallest absolute Gasteiger partial charge is 0.0735 e. The number of hydrogen-bond acceptors (Lipinski definition) is 10. The molecule has 0 spiro atoms. The van der Waals surface area contributed by atoms with Crippen LogP contribution in [0.2, 0.25) is 0 Å². The number of rotatable bonds is 7. The van der Waals surface area contributed by atoms with E-state index in [-0.39, 0.29) is 0 Å². The molecule has 16 rings (SSSR count). The van der Waals surface area contributed by atoms with Gasteiger partial charge in [0.2, 0.25) is 0 Å². The highest BCUT2D eigenvalue weighted by atomic mass is 32.2. The molecule has 0 aromatic heterocycles. The predicted molar refractivity (Wildman–Crippen MR) is 320 cm³/mol. The molecule has 16 aliphatic rings. The van der Waals surface area contributed by atoms with Crippen LogP contribution in [-0.2, 0) is 14.2 Å². The molecule has 0 aromatic rings. The standard InChI is InChI=1S/C68H111N5O3S2/c1-15-31-62-48(17-1)69-67(77-62)44-37-33-42(34-38-44)46-41-47(43-35-39-45(40-36-43)68-70-49-18-2-16-32-63(49)78-68)65(72-52-21-5-11-27-58(52)75-59-28-12-6-22-53(59)72)66(73-54-23-7-13-29-60(54)76-61-30-14-8-24-55(61)73)64(46)71-50-19-3-9-25-56(50)74-57-26-10-4-20-51(57)71/h42-70H,1-41H2. The van der Waals surface area contributed by atoms with Crippen molar-refractivity contribution in [2.75, 3.05) is 0 Å². The highest BCUT2D eigenvalue weighted by Crippen LogP contribution is 2.59. The van der Waals surface area contributed by atoms with Gasteiger partial charge in [-0.25, -0.2) is 0 Å². The van der Waals surface area contributed by atoms with Crippen molar-refractivity contribution < 1.29 is 14.2 Å². The van der Waals surface area contributed by atoms with E-state index >= 15 is 0 Å². The molecule has 5 heterocycles. The number of thioether (sulfide) groups is 2. The minimum atomic E-state index is 0.424. The summed E-state index contributed by atoms with van der Waals surface area (Å²) >= 11 is 4.84. The summed E-state index contributed by atoms with van der Waals surface area (Å²) in [5.41, 5.74) is 0. The molecule has 438 valence electrons. The number of hydrogen-bond donors (Lipinski definition) is 2. The number of nitrogens with zero attached hydrogens (tertiary/aromatic N) is 3. The molecule has 0 radical (unpaired) electrons. The zero-order valence-corrected chi connectivity index (χ0v) is 50.6. The Kier molecular flexibility index (Phi) is 16.3. The lowest BCUT2D eigenvalue weighted by molar-refractivity contribution is -0.261. The summed E-state index contributed by atoms with van der Waals surface area (Å²) in [6, 6.07) is 6.93. The van der Waals surface area contributed by atoms with Gasteiger partial charge in [0.1, 0.15) is 0 Å². The summed E-state index contributed by atoms with van der Waals surface area (Å²) in [5, 5.41) is 11.9. The van der Waals surface area contributed by atoms with E-state index in [1.165, 1.54) is 263 Å². The summed E-state index contributed by atoms with van der Waals surface area (Å²) in [6.07, 6.45) is 60.4. The molecule has 16 fully saturated rings. The second-order valence-electron chi connectivity index (χ2n) is 30.8. The van der Waals surface area contributed by atoms with Crippen LogP contribution in [0.1, 0.15) is 263 Å². The highest BCUT2D eigenvalue weighted by molar-refractivity contribution is 8.01. The second kappa shape index (κ2) is 23.6. The van der Waals surface area contributed by atoms with Gasteiger partial charge in [0, 0.05) is 77.0 Å². The summed E-state index contributed by atoms with van der Waals surface area (Å²) in [4.78, 5) is 10.7. The fraction of sp³-hybridized carbons (Fsp3) is 1.00. The topological polar surface area (TPSA) is 61.5 Å². The number of fused-ring (bicyclic) bond motifs is 8. The number of morpholine rings is 3. The monoisotopic (exact) mass is 1110 g/mol. The largest absolute Gasteiger partial charge is 0.372 e. The molecule has 22 unspecified atom stereocenters. The normalized spacial score (nSPS) is 54.2. The van der Waals surface area contributed by atoms with Crippen molar-refractivity contribution in [3.8, 4) is 0 Å². The molecule has 11 aliphatic carbocycles. The second-order valence-corrected chi connectivity index (χ2v) is 33.6. The molecule has 2 N–H and O–H groups in total. The van der Waals surface area contributed by atoms with Crippen molar-refractivity contribution in [2.24, 2.45) is 35.5 Å². The van der Waals surface area contributed by atoms with Gasteiger partial charge in [0.05, 0.1) is 47.4 Å². The minimum Gasteiger partial charge on any atom is -0.372 e. The zero-order chi connectivity index (χ0) is 51.3. The third kappa shape index (κ3) is 9.99. The van der Waals surface area contributed by atoms with Crippen molar-refractivity contribution in [1.29, 1.82) is 0 Å². The van der Waals surface area contributed by atoms with Gasteiger partial charge in [-0.05, 0) is 196 Å². The van der Waals surface area contributed by atoms with Crippen molar-refractivity contribution >= 4 is 23.5 Å². The molecule has 78 heavy (non-hydrogen) atoms. The molecule has 0 bridgehead atoms. The van der Waals surface area contributed by atoms with Crippen LogP contribution >= 0.6 is 23.5 Å². The molecule has 0 amide bonds. The predicted octanol–water partition coefficient (Wildman–Crippen LogP) is 14.2. The van der Waals surface area contributed by atoms with Crippen LogP contribution in [0.25, 0.3) is 0 Å². The maximum absolute atomic E-state index is 7.67. The van der Waals surface area contributed by atoms with Crippen molar-refractivity contribution in [3.63, 3.8) is 0 Å². The third-order valence-electron chi connectivity index (χ3n) is 27.0. The molecule has 0 aromatic carbocycles. The van der Waals surface area contributed by atoms with Crippen molar-refractivity contribution in [1.82, 2.24) is 25.3 Å². The van der Waals surface area contributed by atoms with Gasteiger partial charge < -0.3 is 24.8 Å². The Morgan fingerprint density at radius 3 is 0.859 bits per heavy atom. The maximum Gasteiger partial charge on any atom is 0.0735 e. The van der Waals surface area contributed by atoms with Crippen LogP contribution in [0.4, 0.5) is 0 Å². The summed E-state index contributed by atoms with van der Waals surface area (Å²) in [6.45, 7) is 0. The first kappa shape index (κ1) is 53.8. The molecule has 5 aliphatic heterocycles. The van der Waals surface area contributed by atoms with E-state index in [4.69, 9.17) is 14.2 Å².